The van der Waals surface area contributed by atoms with Crippen molar-refractivity contribution in [1.29, 1.82) is 0 Å². The fourth-order valence-electron chi connectivity index (χ4n) is 2.89. The number of halogens is 1. The smallest absolute Gasteiger partial charge is 0.261 e. The molecule has 4 nitrogen and oxygen atoms in total. The quantitative estimate of drug-likeness (QED) is 0.750. The van der Waals surface area contributed by atoms with Gasteiger partial charge in [-0.15, -0.1) is 0 Å². The highest BCUT2D eigenvalue weighted by Gasteiger charge is 2.16. The Morgan fingerprint density at radius 2 is 1.92 bits per heavy atom. The maximum atomic E-state index is 12.8. The third-order valence-electron chi connectivity index (χ3n) is 4.26. The number of amides is 1. The van der Waals surface area contributed by atoms with Crippen LogP contribution in [0.3, 0.4) is 0 Å². The van der Waals surface area contributed by atoms with Crippen molar-refractivity contribution in [1.82, 2.24) is 4.57 Å². The lowest BCUT2D eigenvalue weighted by atomic mass is 10.1. The van der Waals surface area contributed by atoms with Gasteiger partial charge < -0.3 is 9.88 Å². The third kappa shape index (κ3) is 3.30. The van der Waals surface area contributed by atoms with Crippen LogP contribution in [0.2, 0.25) is 5.02 Å². The first-order chi connectivity index (χ1) is 11.9. The summed E-state index contributed by atoms with van der Waals surface area (Å²) in [5.74, 6) is -0.416. The topological polar surface area (TPSA) is 51.1 Å². The average Bonchev–Trinajstić information content (AvgIpc) is 2.58. The number of hydrogen-bond donors (Lipinski definition) is 1. The maximum absolute atomic E-state index is 12.8. The lowest BCUT2D eigenvalue weighted by molar-refractivity contribution is 0.102. The molecule has 1 amide bonds. The Morgan fingerprint density at radius 1 is 1.16 bits per heavy atom. The van der Waals surface area contributed by atoms with E-state index in [9.17, 15) is 9.59 Å². The molecule has 0 aliphatic heterocycles. The summed E-state index contributed by atoms with van der Waals surface area (Å²) < 4.78 is 1.92. The molecule has 0 saturated carbocycles. The number of nitrogens with one attached hydrogen (secondary N) is 1. The van der Waals surface area contributed by atoms with Gasteiger partial charge in [-0.05, 0) is 56.7 Å². The van der Waals surface area contributed by atoms with E-state index in [-0.39, 0.29) is 11.0 Å². The number of aryl methyl sites for hydroxylation is 3. The lowest BCUT2D eigenvalue weighted by Crippen LogP contribution is -2.24. The summed E-state index contributed by atoms with van der Waals surface area (Å²) in [6, 6.07) is 10.9. The third-order valence-corrected chi connectivity index (χ3v) is 4.49. The van der Waals surface area contributed by atoms with Gasteiger partial charge in [-0.1, -0.05) is 23.2 Å². The Hall–Kier alpha value is -2.59. The second-order valence-corrected chi connectivity index (χ2v) is 6.53. The van der Waals surface area contributed by atoms with Crippen LogP contribution in [0.4, 0.5) is 5.69 Å². The monoisotopic (exact) mass is 354 g/mol. The first-order valence-corrected chi connectivity index (χ1v) is 8.50. The lowest BCUT2D eigenvalue weighted by Gasteiger charge is -2.13. The Bertz CT molecular complexity index is 1040. The largest absolute Gasteiger partial charge is 0.347 e. The minimum absolute atomic E-state index is 0.134. The molecule has 3 aromatic rings. The van der Waals surface area contributed by atoms with Gasteiger partial charge >= 0.3 is 0 Å². The summed E-state index contributed by atoms with van der Waals surface area (Å²) in [4.78, 5) is 25.5. The molecule has 0 unspecified atom stereocenters. The molecule has 1 aromatic heterocycles. The predicted octanol–water partition coefficient (Wildman–Crippen LogP) is 4.54. The number of rotatable bonds is 3. The van der Waals surface area contributed by atoms with E-state index in [1.54, 1.807) is 24.4 Å². The Kier molecular flexibility index (Phi) is 4.64. The van der Waals surface area contributed by atoms with E-state index in [1.807, 2.05) is 43.5 Å². The van der Waals surface area contributed by atoms with Crippen LogP contribution < -0.4 is 10.7 Å². The van der Waals surface area contributed by atoms with E-state index in [2.05, 4.69) is 5.32 Å². The van der Waals surface area contributed by atoms with Crippen molar-refractivity contribution < 1.29 is 4.79 Å². The molecule has 2 aromatic carbocycles. The molecule has 0 spiro atoms. The fourth-order valence-corrected chi connectivity index (χ4v) is 3.12. The molecular formula is C20H19ClN2O2. The summed E-state index contributed by atoms with van der Waals surface area (Å²) in [5, 5.41) is 3.97. The van der Waals surface area contributed by atoms with Gasteiger partial charge in [0.2, 0.25) is 5.43 Å². The van der Waals surface area contributed by atoms with Crippen LogP contribution in [0.5, 0.6) is 0 Å². The Morgan fingerprint density at radius 3 is 2.60 bits per heavy atom. The summed E-state index contributed by atoms with van der Waals surface area (Å²) >= 11 is 5.95. The molecule has 0 radical (unpaired) electrons. The summed E-state index contributed by atoms with van der Waals surface area (Å²) in [6.07, 6.45) is 1.63. The first-order valence-electron chi connectivity index (χ1n) is 8.12. The number of fused-ring (bicyclic) bond motifs is 1. The van der Waals surface area contributed by atoms with E-state index in [0.29, 0.717) is 22.6 Å². The minimum atomic E-state index is -0.416. The molecule has 25 heavy (non-hydrogen) atoms. The summed E-state index contributed by atoms with van der Waals surface area (Å²) in [7, 11) is 0. The van der Waals surface area contributed by atoms with Crippen molar-refractivity contribution >= 4 is 34.1 Å². The van der Waals surface area contributed by atoms with E-state index >= 15 is 0 Å². The number of carbonyl (C=O) groups is 1. The van der Waals surface area contributed by atoms with Crippen molar-refractivity contribution in [2.75, 3.05) is 5.32 Å². The molecule has 5 heteroatoms. The molecule has 0 aliphatic carbocycles. The zero-order valence-electron chi connectivity index (χ0n) is 14.4. The van der Waals surface area contributed by atoms with Gasteiger partial charge in [-0.25, -0.2) is 0 Å². The molecule has 0 atom stereocenters. The summed E-state index contributed by atoms with van der Waals surface area (Å²) in [6.45, 7) is 6.43. The van der Waals surface area contributed by atoms with E-state index in [4.69, 9.17) is 11.6 Å². The van der Waals surface area contributed by atoms with Crippen LogP contribution in [0.25, 0.3) is 10.9 Å². The standard InChI is InChI=1S/C20H19ClN2O2/c1-4-23-11-16(19(24)15-9-12(2)5-8-18(15)23)20(25)22-17-7-6-14(21)10-13(17)3/h5-11H,4H2,1-3H3,(H,22,25). The fraction of sp³-hybridized carbons (Fsp3) is 0.200. The second kappa shape index (κ2) is 6.73. The van der Waals surface area contributed by atoms with E-state index in [1.165, 1.54) is 0 Å². The second-order valence-electron chi connectivity index (χ2n) is 6.09. The number of pyridine rings is 1. The predicted molar refractivity (Wildman–Crippen MR) is 103 cm³/mol. The number of nitrogens with zero attached hydrogens (tertiary/aromatic N) is 1. The molecular weight excluding hydrogens is 336 g/mol. The van der Waals surface area contributed by atoms with Crippen molar-refractivity contribution in [2.45, 2.75) is 27.3 Å². The van der Waals surface area contributed by atoms with Gasteiger partial charge in [0.15, 0.2) is 0 Å². The van der Waals surface area contributed by atoms with E-state index in [0.717, 1.165) is 16.6 Å². The van der Waals surface area contributed by atoms with Crippen molar-refractivity contribution in [2.24, 2.45) is 0 Å². The number of benzene rings is 2. The highest BCUT2D eigenvalue weighted by Crippen LogP contribution is 2.20. The van der Waals surface area contributed by atoms with Crippen LogP contribution in [-0.4, -0.2) is 10.5 Å². The molecule has 3 rings (SSSR count). The molecule has 1 N–H and O–H groups in total. The number of hydrogen-bond acceptors (Lipinski definition) is 2. The van der Waals surface area contributed by atoms with Crippen molar-refractivity contribution in [3.8, 4) is 0 Å². The Labute approximate surface area is 151 Å². The van der Waals surface area contributed by atoms with Gasteiger partial charge in [0.05, 0.1) is 5.52 Å². The molecule has 0 aliphatic rings. The van der Waals surface area contributed by atoms with Gasteiger partial charge in [-0.2, -0.15) is 0 Å². The zero-order valence-corrected chi connectivity index (χ0v) is 15.1. The zero-order chi connectivity index (χ0) is 18.1. The molecule has 0 bridgehead atoms. The van der Waals surface area contributed by atoms with Crippen molar-refractivity contribution in [3.05, 3.63) is 74.5 Å². The van der Waals surface area contributed by atoms with Crippen LogP contribution in [0.1, 0.15) is 28.4 Å². The van der Waals surface area contributed by atoms with E-state index < -0.39 is 5.91 Å². The molecule has 0 saturated heterocycles. The highest BCUT2D eigenvalue weighted by molar-refractivity contribution is 6.30. The van der Waals surface area contributed by atoms with Crippen LogP contribution in [0, 0.1) is 13.8 Å². The van der Waals surface area contributed by atoms with Gasteiger partial charge in [0.1, 0.15) is 5.56 Å². The van der Waals surface area contributed by atoms with Gasteiger partial charge in [-0.3, -0.25) is 9.59 Å². The van der Waals surface area contributed by atoms with Crippen LogP contribution in [0.15, 0.2) is 47.4 Å². The van der Waals surface area contributed by atoms with Gasteiger partial charge in [0.25, 0.3) is 5.91 Å². The first kappa shape index (κ1) is 17.2. The number of anilines is 1. The highest BCUT2D eigenvalue weighted by atomic mass is 35.5. The maximum Gasteiger partial charge on any atom is 0.261 e. The average molecular weight is 355 g/mol. The van der Waals surface area contributed by atoms with Crippen molar-refractivity contribution in [3.63, 3.8) is 0 Å². The van der Waals surface area contributed by atoms with Gasteiger partial charge in [0, 0.05) is 28.8 Å². The SMILES string of the molecule is CCn1cc(C(=O)Nc2ccc(Cl)cc2C)c(=O)c2cc(C)ccc21. The van der Waals surface area contributed by atoms with Crippen LogP contribution in [-0.2, 0) is 6.54 Å². The number of carbonyl (C=O) groups excluding carboxylic acids is 1. The number of aromatic nitrogens is 1. The molecule has 1 heterocycles. The van der Waals surface area contributed by atoms with Crippen LogP contribution >= 0.6 is 11.6 Å². The molecule has 128 valence electrons. The summed E-state index contributed by atoms with van der Waals surface area (Å²) in [5.41, 5.74) is 3.17. The minimum Gasteiger partial charge on any atom is -0.347 e. The Balaban J connectivity index is 2.10. The molecule has 0 fully saturated rings. The normalized spacial score (nSPS) is 10.9.